The average Bonchev–Trinajstić information content (AvgIpc) is 3.22. The molecule has 0 spiro atoms. The van der Waals surface area contributed by atoms with Crippen molar-refractivity contribution in [2.45, 2.75) is 57.4 Å². The molecule has 1 atom stereocenters. The Bertz CT molecular complexity index is 640. The third kappa shape index (κ3) is 4.70. The standard InChI is InChI=1S/C21H27NO3S/c23-19(17-10-4-5-11-17)20(24)22-14-7-6-12-18(22)21(26)25-15-13-16-8-2-1-3-9-16/h1-3,8-9,17-18H,4-7,10-15H2/t18-/m0/s1. The van der Waals surface area contributed by atoms with Gasteiger partial charge in [0.05, 0.1) is 6.61 Å². The molecule has 5 heteroatoms. The Morgan fingerprint density at radius 1 is 1.04 bits per heavy atom. The van der Waals surface area contributed by atoms with Crippen LogP contribution < -0.4 is 0 Å². The number of piperidine rings is 1. The van der Waals surface area contributed by atoms with Crippen molar-refractivity contribution in [3.8, 4) is 0 Å². The Labute approximate surface area is 160 Å². The summed E-state index contributed by atoms with van der Waals surface area (Å²) in [5.41, 5.74) is 1.20. The van der Waals surface area contributed by atoms with E-state index in [1.54, 1.807) is 4.90 Å². The van der Waals surface area contributed by atoms with E-state index in [0.717, 1.165) is 51.4 Å². The zero-order valence-electron chi connectivity index (χ0n) is 15.2. The third-order valence-corrected chi connectivity index (χ3v) is 5.84. The van der Waals surface area contributed by atoms with Gasteiger partial charge in [-0.15, -0.1) is 0 Å². The molecule has 3 rings (SSSR count). The SMILES string of the molecule is O=C(C(=O)N1CCCC[C@H]1C(=S)OCCc1ccccc1)C1CCCC1. The number of nitrogens with zero attached hydrogens (tertiary/aromatic N) is 1. The summed E-state index contributed by atoms with van der Waals surface area (Å²) in [4.78, 5) is 27.0. The maximum atomic E-state index is 12.8. The van der Waals surface area contributed by atoms with Crippen LogP contribution in [0, 0.1) is 5.92 Å². The molecule has 0 unspecified atom stereocenters. The van der Waals surface area contributed by atoms with Crippen LogP contribution in [0.1, 0.15) is 50.5 Å². The van der Waals surface area contributed by atoms with Gasteiger partial charge in [-0.3, -0.25) is 9.59 Å². The van der Waals surface area contributed by atoms with Crippen molar-refractivity contribution in [1.82, 2.24) is 4.90 Å². The fourth-order valence-corrected chi connectivity index (χ4v) is 4.26. The van der Waals surface area contributed by atoms with E-state index in [4.69, 9.17) is 17.0 Å². The van der Waals surface area contributed by atoms with Crippen molar-refractivity contribution in [2.24, 2.45) is 5.92 Å². The maximum absolute atomic E-state index is 12.8. The summed E-state index contributed by atoms with van der Waals surface area (Å²) in [5, 5.41) is 0.452. The van der Waals surface area contributed by atoms with E-state index in [0.29, 0.717) is 18.2 Å². The second kappa shape index (κ2) is 9.26. The topological polar surface area (TPSA) is 46.6 Å². The largest absolute Gasteiger partial charge is 0.485 e. The number of hydrogen-bond acceptors (Lipinski definition) is 4. The lowest BCUT2D eigenvalue weighted by atomic mass is 9.97. The quantitative estimate of drug-likeness (QED) is 0.563. The number of rotatable bonds is 6. The maximum Gasteiger partial charge on any atom is 0.290 e. The zero-order valence-corrected chi connectivity index (χ0v) is 16.0. The summed E-state index contributed by atoms with van der Waals surface area (Å²) < 4.78 is 5.80. The number of thiocarbonyl (C=S) groups is 1. The van der Waals surface area contributed by atoms with Gasteiger partial charge in [-0.05, 0) is 49.9 Å². The Kier molecular flexibility index (Phi) is 6.78. The molecule has 1 aliphatic heterocycles. The first-order chi connectivity index (χ1) is 12.7. The molecule has 4 nitrogen and oxygen atoms in total. The highest BCUT2D eigenvalue weighted by Gasteiger charge is 2.37. The molecule has 1 saturated carbocycles. The number of likely N-dealkylation sites (tertiary alicyclic amines) is 1. The fourth-order valence-electron chi connectivity index (χ4n) is 3.93. The minimum atomic E-state index is -0.351. The highest BCUT2D eigenvalue weighted by molar-refractivity contribution is 7.80. The van der Waals surface area contributed by atoms with E-state index >= 15 is 0 Å². The van der Waals surface area contributed by atoms with Gasteiger partial charge in [-0.1, -0.05) is 43.2 Å². The Balaban J connectivity index is 1.56. The summed E-state index contributed by atoms with van der Waals surface area (Å²) in [6.45, 7) is 1.10. The molecule has 1 aliphatic carbocycles. The van der Waals surface area contributed by atoms with Crippen molar-refractivity contribution in [1.29, 1.82) is 0 Å². The zero-order chi connectivity index (χ0) is 18.4. The average molecular weight is 374 g/mol. The fraction of sp³-hybridized carbons (Fsp3) is 0.571. The molecular formula is C21H27NO3S. The molecule has 1 heterocycles. The molecule has 0 N–H and O–H groups in total. The second-order valence-corrected chi connectivity index (χ2v) is 7.66. The van der Waals surface area contributed by atoms with Crippen molar-refractivity contribution in [2.75, 3.05) is 13.2 Å². The number of benzene rings is 1. The molecule has 1 aromatic carbocycles. The first-order valence-electron chi connectivity index (χ1n) is 9.72. The molecule has 0 radical (unpaired) electrons. The minimum Gasteiger partial charge on any atom is -0.485 e. The Hall–Kier alpha value is -1.75. The molecule has 0 bridgehead atoms. The van der Waals surface area contributed by atoms with Crippen LogP contribution in [0.5, 0.6) is 0 Å². The lowest BCUT2D eigenvalue weighted by Crippen LogP contribution is -2.51. The molecule has 0 aromatic heterocycles. The number of carbonyl (C=O) groups is 2. The van der Waals surface area contributed by atoms with Crippen LogP contribution in [-0.4, -0.2) is 40.8 Å². The van der Waals surface area contributed by atoms with Gasteiger partial charge in [0.1, 0.15) is 6.04 Å². The van der Waals surface area contributed by atoms with Gasteiger partial charge in [-0.25, -0.2) is 0 Å². The van der Waals surface area contributed by atoms with E-state index in [9.17, 15) is 9.59 Å². The van der Waals surface area contributed by atoms with Crippen molar-refractivity contribution in [3.63, 3.8) is 0 Å². The van der Waals surface area contributed by atoms with E-state index < -0.39 is 0 Å². The van der Waals surface area contributed by atoms with Gasteiger partial charge in [0.2, 0.25) is 5.78 Å². The van der Waals surface area contributed by atoms with Crippen LogP contribution in [0.25, 0.3) is 0 Å². The summed E-state index contributed by atoms with van der Waals surface area (Å²) in [6, 6.07) is 9.87. The number of ketones is 1. The molecule has 26 heavy (non-hydrogen) atoms. The van der Waals surface area contributed by atoms with Crippen molar-refractivity contribution in [3.05, 3.63) is 35.9 Å². The molecule has 2 fully saturated rings. The van der Waals surface area contributed by atoms with Crippen LogP contribution >= 0.6 is 12.2 Å². The second-order valence-electron chi connectivity index (χ2n) is 7.26. The van der Waals surface area contributed by atoms with E-state index in [1.807, 2.05) is 18.2 Å². The third-order valence-electron chi connectivity index (χ3n) is 5.45. The molecule has 1 saturated heterocycles. The predicted molar refractivity (Wildman–Crippen MR) is 105 cm³/mol. The van der Waals surface area contributed by atoms with Crippen LogP contribution in [0.2, 0.25) is 0 Å². The van der Waals surface area contributed by atoms with Gasteiger partial charge in [0.15, 0.2) is 5.05 Å². The predicted octanol–water partition coefficient (Wildman–Crippen LogP) is 3.71. The molecule has 1 amide bonds. The summed E-state index contributed by atoms with van der Waals surface area (Å²) >= 11 is 5.48. The first kappa shape index (κ1) is 19.0. The lowest BCUT2D eigenvalue weighted by Gasteiger charge is -2.35. The molecule has 140 valence electrons. The van der Waals surface area contributed by atoms with Crippen molar-refractivity contribution < 1.29 is 14.3 Å². The summed E-state index contributed by atoms with van der Waals surface area (Å²) in [6.07, 6.45) is 7.29. The smallest absolute Gasteiger partial charge is 0.290 e. The van der Waals surface area contributed by atoms with Gasteiger partial charge in [-0.2, -0.15) is 0 Å². The molecular weight excluding hydrogens is 346 g/mol. The van der Waals surface area contributed by atoms with Gasteiger partial charge in [0.25, 0.3) is 5.91 Å². The number of amides is 1. The van der Waals surface area contributed by atoms with Gasteiger partial charge < -0.3 is 9.64 Å². The van der Waals surface area contributed by atoms with E-state index in [1.165, 1.54) is 5.56 Å². The lowest BCUT2D eigenvalue weighted by molar-refractivity contribution is -0.148. The van der Waals surface area contributed by atoms with Crippen LogP contribution in [0.4, 0.5) is 0 Å². The van der Waals surface area contributed by atoms with Crippen LogP contribution in [0.3, 0.4) is 0 Å². The number of hydrogen-bond donors (Lipinski definition) is 0. The van der Waals surface area contributed by atoms with Crippen molar-refractivity contribution >= 4 is 29.0 Å². The first-order valence-corrected chi connectivity index (χ1v) is 10.1. The number of Topliss-reactive ketones (excluding diaryl/α,β-unsaturated/α-hetero) is 1. The monoisotopic (exact) mass is 373 g/mol. The molecule has 1 aromatic rings. The van der Waals surface area contributed by atoms with Crippen LogP contribution in [-0.2, 0) is 20.7 Å². The summed E-state index contributed by atoms with van der Waals surface area (Å²) in [7, 11) is 0. The Morgan fingerprint density at radius 3 is 2.46 bits per heavy atom. The number of ether oxygens (including phenoxy) is 1. The Morgan fingerprint density at radius 2 is 1.73 bits per heavy atom. The normalized spacial score (nSPS) is 20.8. The number of carbonyl (C=O) groups excluding carboxylic acids is 2. The van der Waals surface area contributed by atoms with E-state index in [2.05, 4.69) is 12.1 Å². The van der Waals surface area contributed by atoms with Gasteiger partial charge in [0, 0.05) is 18.9 Å². The van der Waals surface area contributed by atoms with Crippen LogP contribution in [0.15, 0.2) is 30.3 Å². The summed E-state index contributed by atoms with van der Waals surface area (Å²) in [5.74, 6) is -0.658. The highest BCUT2D eigenvalue weighted by Crippen LogP contribution is 2.27. The van der Waals surface area contributed by atoms with E-state index in [-0.39, 0.29) is 23.7 Å². The molecule has 2 aliphatic rings. The highest BCUT2D eigenvalue weighted by atomic mass is 32.1. The minimum absolute atomic E-state index is 0.0855. The van der Waals surface area contributed by atoms with Gasteiger partial charge >= 0.3 is 0 Å².